The number of nitrogens with zero attached hydrogens (tertiary/aromatic N) is 3. The minimum atomic E-state index is -0.107. The number of rotatable bonds is 8. The van der Waals surface area contributed by atoms with E-state index in [1.54, 1.807) is 0 Å². The van der Waals surface area contributed by atoms with E-state index < -0.39 is 0 Å². The monoisotopic (exact) mass is 483 g/mol. The molecule has 0 atom stereocenters. The summed E-state index contributed by atoms with van der Waals surface area (Å²) >= 11 is 0. The molecule has 6 heteroatoms. The van der Waals surface area contributed by atoms with E-state index in [1.807, 2.05) is 53.2 Å². The van der Waals surface area contributed by atoms with Gasteiger partial charge >= 0.3 is 0 Å². The Morgan fingerprint density at radius 3 is 2.50 bits per heavy atom. The molecule has 0 saturated carbocycles. The number of hydrogen-bond acceptors (Lipinski definition) is 4. The molecule has 2 aromatic carbocycles. The number of nitrogens with one attached hydrogen (secondary N) is 2. The molecule has 0 spiro atoms. The number of carbonyl (C=O) groups excluding carboxylic acids is 1. The molecule has 36 heavy (non-hydrogen) atoms. The summed E-state index contributed by atoms with van der Waals surface area (Å²) in [6, 6.07) is 16.1. The fourth-order valence-electron chi connectivity index (χ4n) is 4.33. The highest BCUT2D eigenvalue weighted by Gasteiger charge is 2.16. The van der Waals surface area contributed by atoms with E-state index in [4.69, 9.17) is 0 Å². The van der Waals surface area contributed by atoms with Crippen LogP contribution in [0.3, 0.4) is 0 Å². The molecule has 0 radical (unpaired) electrons. The molecule has 0 fully saturated rings. The third-order valence-corrected chi connectivity index (χ3v) is 6.49. The van der Waals surface area contributed by atoms with Crippen molar-refractivity contribution in [2.75, 3.05) is 37.8 Å². The summed E-state index contributed by atoms with van der Waals surface area (Å²) in [4.78, 5) is 19.7. The van der Waals surface area contributed by atoms with Crippen LogP contribution in [0.1, 0.15) is 48.7 Å². The van der Waals surface area contributed by atoms with Gasteiger partial charge < -0.3 is 19.9 Å². The fraction of sp³-hybridized carbons (Fsp3) is 0.333. The van der Waals surface area contributed by atoms with Crippen LogP contribution >= 0.6 is 0 Å². The highest BCUT2D eigenvalue weighted by atomic mass is 16.1. The average molecular weight is 484 g/mol. The van der Waals surface area contributed by atoms with Crippen LogP contribution < -0.4 is 10.6 Å². The first-order valence-corrected chi connectivity index (χ1v) is 12.5. The SMILES string of the molecule is Cc1c(NC(=O)c2ccc(C(C)(C)C)cc2)cccc1-c1cc(NCCCN(C)C)c2nccn2c1. The molecule has 2 heterocycles. The molecular weight excluding hydrogens is 446 g/mol. The first kappa shape index (κ1) is 25.5. The van der Waals surface area contributed by atoms with Gasteiger partial charge in [-0.05, 0) is 80.4 Å². The van der Waals surface area contributed by atoms with Crippen LogP contribution in [-0.4, -0.2) is 47.4 Å². The Bertz CT molecular complexity index is 1350. The summed E-state index contributed by atoms with van der Waals surface area (Å²) in [5.41, 5.74) is 7.79. The van der Waals surface area contributed by atoms with Crippen LogP contribution in [-0.2, 0) is 5.41 Å². The molecule has 1 amide bonds. The van der Waals surface area contributed by atoms with E-state index in [2.05, 4.69) is 80.6 Å². The lowest BCUT2D eigenvalue weighted by atomic mass is 9.86. The second-order valence-electron chi connectivity index (χ2n) is 10.6. The number of aromatic nitrogens is 2. The van der Waals surface area contributed by atoms with Gasteiger partial charge in [0, 0.05) is 41.9 Å². The Labute approximate surface area is 214 Å². The van der Waals surface area contributed by atoms with E-state index in [0.29, 0.717) is 5.56 Å². The molecule has 2 N–H and O–H groups in total. The Morgan fingerprint density at radius 2 is 1.81 bits per heavy atom. The zero-order valence-electron chi connectivity index (χ0n) is 22.2. The third-order valence-electron chi connectivity index (χ3n) is 6.49. The summed E-state index contributed by atoms with van der Waals surface area (Å²) in [7, 11) is 4.17. The smallest absolute Gasteiger partial charge is 0.255 e. The largest absolute Gasteiger partial charge is 0.382 e. The second kappa shape index (κ2) is 10.5. The Kier molecular flexibility index (Phi) is 7.45. The minimum Gasteiger partial charge on any atom is -0.382 e. The molecule has 0 aliphatic heterocycles. The van der Waals surface area contributed by atoms with E-state index >= 15 is 0 Å². The number of carbonyl (C=O) groups is 1. The highest BCUT2D eigenvalue weighted by Crippen LogP contribution is 2.32. The van der Waals surface area contributed by atoms with Gasteiger partial charge in [-0.15, -0.1) is 0 Å². The quantitative estimate of drug-likeness (QED) is 0.292. The molecule has 0 unspecified atom stereocenters. The maximum Gasteiger partial charge on any atom is 0.255 e. The van der Waals surface area contributed by atoms with Crippen LogP contribution in [0.25, 0.3) is 16.8 Å². The van der Waals surface area contributed by atoms with Crippen molar-refractivity contribution in [1.29, 1.82) is 0 Å². The van der Waals surface area contributed by atoms with Gasteiger partial charge in [-0.1, -0.05) is 45.0 Å². The Balaban J connectivity index is 1.58. The van der Waals surface area contributed by atoms with Gasteiger partial charge in [-0.25, -0.2) is 4.98 Å². The lowest BCUT2D eigenvalue weighted by Crippen LogP contribution is -2.16. The van der Waals surface area contributed by atoms with Gasteiger partial charge in [0.15, 0.2) is 5.65 Å². The predicted molar refractivity (Wildman–Crippen MR) is 150 cm³/mol. The van der Waals surface area contributed by atoms with Gasteiger partial charge in [0.05, 0.1) is 5.69 Å². The Morgan fingerprint density at radius 1 is 1.06 bits per heavy atom. The van der Waals surface area contributed by atoms with Crippen molar-refractivity contribution >= 4 is 22.9 Å². The van der Waals surface area contributed by atoms with Gasteiger partial charge in [0.25, 0.3) is 5.91 Å². The van der Waals surface area contributed by atoms with E-state index in [9.17, 15) is 4.79 Å². The molecule has 0 saturated heterocycles. The van der Waals surface area contributed by atoms with Crippen molar-refractivity contribution < 1.29 is 4.79 Å². The normalized spacial score (nSPS) is 11.8. The number of anilines is 2. The van der Waals surface area contributed by atoms with Crippen LogP contribution in [0.4, 0.5) is 11.4 Å². The number of fused-ring (bicyclic) bond motifs is 1. The summed E-state index contributed by atoms with van der Waals surface area (Å²) in [5, 5.41) is 6.68. The zero-order valence-corrected chi connectivity index (χ0v) is 22.2. The number of pyridine rings is 1. The molecule has 0 bridgehead atoms. The number of amides is 1. The molecule has 4 aromatic rings. The van der Waals surface area contributed by atoms with Crippen molar-refractivity contribution in [2.45, 2.75) is 39.5 Å². The third kappa shape index (κ3) is 5.77. The molecule has 6 nitrogen and oxygen atoms in total. The summed E-state index contributed by atoms with van der Waals surface area (Å²) in [6.45, 7) is 10.5. The average Bonchev–Trinajstić information content (AvgIpc) is 3.31. The first-order chi connectivity index (χ1) is 17.1. The van der Waals surface area contributed by atoms with Gasteiger partial charge in [0.1, 0.15) is 0 Å². The predicted octanol–water partition coefficient (Wildman–Crippen LogP) is 6.22. The van der Waals surface area contributed by atoms with Crippen molar-refractivity contribution in [2.24, 2.45) is 0 Å². The lowest BCUT2D eigenvalue weighted by Gasteiger charge is -2.19. The molecular formula is C30H37N5O. The van der Waals surface area contributed by atoms with Gasteiger partial charge in [-0.2, -0.15) is 0 Å². The van der Waals surface area contributed by atoms with Crippen molar-refractivity contribution in [3.8, 4) is 11.1 Å². The summed E-state index contributed by atoms with van der Waals surface area (Å²) in [5.74, 6) is -0.107. The molecule has 0 aliphatic rings. The lowest BCUT2D eigenvalue weighted by molar-refractivity contribution is 0.102. The fourth-order valence-corrected chi connectivity index (χ4v) is 4.33. The molecule has 2 aromatic heterocycles. The standard InChI is InChI=1S/C30H37N5O/c1-21-25(23-19-27(31-15-8-17-34(5)6)28-32-16-18-35(28)20-23)9-7-10-26(21)33-29(36)22-11-13-24(14-12-22)30(2,3)4/h7,9-14,16,18-20,31H,8,15,17H2,1-6H3,(H,33,36). The number of hydrogen-bond donors (Lipinski definition) is 2. The molecule has 4 rings (SSSR count). The zero-order chi connectivity index (χ0) is 25.9. The van der Waals surface area contributed by atoms with Crippen molar-refractivity contribution in [3.05, 3.63) is 83.8 Å². The van der Waals surface area contributed by atoms with E-state index in [1.165, 1.54) is 5.56 Å². The highest BCUT2D eigenvalue weighted by molar-refractivity contribution is 6.05. The number of benzene rings is 2. The maximum absolute atomic E-state index is 13.0. The van der Waals surface area contributed by atoms with Gasteiger partial charge in [0.2, 0.25) is 0 Å². The molecule has 0 aliphatic carbocycles. The summed E-state index contributed by atoms with van der Waals surface area (Å²) in [6.07, 6.45) is 6.92. The van der Waals surface area contributed by atoms with Crippen LogP contribution in [0.2, 0.25) is 0 Å². The maximum atomic E-state index is 13.0. The van der Waals surface area contributed by atoms with Crippen LogP contribution in [0.15, 0.2) is 67.1 Å². The second-order valence-corrected chi connectivity index (χ2v) is 10.6. The van der Waals surface area contributed by atoms with Crippen molar-refractivity contribution in [1.82, 2.24) is 14.3 Å². The minimum absolute atomic E-state index is 0.0519. The van der Waals surface area contributed by atoms with E-state index in [0.717, 1.165) is 53.2 Å². The van der Waals surface area contributed by atoms with E-state index in [-0.39, 0.29) is 11.3 Å². The van der Waals surface area contributed by atoms with Crippen molar-refractivity contribution in [3.63, 3.8) is 0 Å². The topological polar surface area (TPSA) is 61.7 Å². The molecule has 188 valence electrons. The Hall–Kier alpha value is -3.64. The number of imidazole rings is 1. The van der Waals surface area contributed by atoms with Crippen LogP contribution in [0.5, 0.6) is 0 Å². The van der Waals surface area contributed by atoms with Gasteiger partial charge in [-0.3, -0.25) is 4.79 Å². The first-order valence-electron chi connectivity index (χ1n) is 12.5. The van der Waals surface area contributed by atoms with Crippen LogP contribution in [0, 0.1) is 6.92 Å². The summed E-state index contributed by atoms with van der Waals surface area (Å²) < 4.78 is 2.05.